The molecular formula is C22H29NO4. The van der Waals surface area contributed by atoms with E-state index in [0.29, 0.717) is 25.3 Å². The van der Waals surface area contributed by atoms with Crippen LogP contribution in [0.5, 0.6) is 17.2 Å². The molecule has 2 rings (SSSR count). The van der Waals surface area contributed by atoms with E-state index < -0.39 is 6.10 Å². The fourth-order valence-electron chi connectivity index (χ4n) is 2.68. The number of ether oxygens (including phenoxy) is 3. The Morgan fingerprint density at radius 3 is 2.19 bits per heavy atom. The van der Waals surface area contributed by atoms with Crippen molar-refractivity contribution in [3.05, 3.63) is 54.1 Å². The monoisotopic (exact) mass is 371 g/mol. The summed E-state index contributed by atoms with van der Waals surface area (Å²) in [7, 11) is 1.62. The Morgan fingerprint density at radius 1 is 0.963 bits per heavy atom. The van der Waals surface area contributed by atoms with Gasteiger partial charge in [0.1, 0.15) is 17.2 Å². The van der Waals surface area contributed by atoms with Crippen LogP contribution < -0.4 is 19.5 Å². The van der Waals surface area contributed by atoms with E-state index in [2.05, 4.69) is 17.4 Å². The lowest BCUT2D eigenvalue weighted by molar-refractivity contribution is -0.128. The molecule has 2 aromatic carbocycles. The Balaban J connectivity index is 1.73. The zero-order valence-corrected chi connectivity index (χ0v) is 16.4. The van der Waals surface area contributed by atoms with Crippen molar-refractivity contribution in [2.24, 2.45) is 0 Å². The lowest BCUT2D eigenvalue weighted by Crippen LogP contribution is -2.38. The molecule has 27 heavy (non-hydrogen) atoms. The number of carbonyl (C=O) groups excluding carboxylic acids is 1. The maximum absolute atomic E-state index is 12.4. The van der Waals surface area contributed by atoms with E-state index in [-0.39, 0.29) is 5.91 Å². The predicted molar refractivity (Wildman–Crippen MR) is 107 cm³/mol. The number of amides is 1. The molecule has 0 fully saturated rings. The third kappa shape index (κ3) is 6.85. The zero-order chi connectivity index (χ0) is 19.5. The highest BCUT2D eigenvalue weighted by Gasteiger charge is 2.17. The second kappa shape index (κ2) is 11.1. The van der Waals surface area contributed by atoms with Crippen molar-refractivity contribution in [3.63, 3.8) is 0 Å². The zero-order valence-electron chi connectivity index (χ0n) is 16.4. The standard InChI is InChI=1S/C22H29NO4/c1-4-21(27-20-14-12-18(25-3)13-15-20)22(24)23-16-6-7-17-8-10-19(11-9-17)26-5-2/h8-15,21H,4-7,16H2,1-3H3,(H,23,24). The second-order valence-corrected chi connectivity index (χ2v) is 6.16. The first-order chi connectivity index (χ1) is 13.2. The highest BCUT2D eigenvalue weighted by atomic mass is 16.5. The van der Waals surface area contributed by atoms with Crippen molar-refractivity contribution in [1.82, 2.24) is 5.32 Å². The molecule has 5 heteroatoms. The molecule has 1 amide bonds. The van der Waals surface area contributed by atoms with Gasteiger partial charge in [-0.15, -0.1) is 0 Å². The van der Waals surface area contributed by atoms with Gasteiger partial charge in [0.2, 0.25) is 0 Å². The molecular weight excluding hydrogens is 342 g/mol. The summed E-state index contributed by atoms with van der Waals surface area (Å²) in [5.74, 6) is 2.22. The number of rotatable bonds is 11. The van der Waals surface area contributed by atoms with E-state index >= 15 is 0 Å². The number of hydrogen-bond acceptors (Lipinski definition) is 4. The Morgan fingerprint density at radius 2 is 1.59 bits per heavy atom. The number of benzene rings is 2. The van der Waals surface area contributed by atoms with Crippen molar-refractivity contribution >= 4 is 5.91 Å². The van der Waals surface area contributed by atoms with Gasteiger partial charge in [0, 0.05) is 6.54 Å². The summed E-state index contributed by atoms with van der Waals surface area (Å²) in [5, 5.41) is 2.97. The summed E-state index contributed by atoms with van der Waals surface area (Å²) in [6.45, 7) is 5.20. The number of nitrogens with one attached hydrogen (secondary N) is 1. The van der Waals surface area contributed by atoms with E-state index in [1.165, 1.54) is 5.56 Å². The average molecular weight is 371 g/mol. The van der Waals surface area contributed by atoms with Gasteiger partial charge < -0.3 is 19.5 Å². The second-order valence-electron chi connectivity index (χ2n) is 6.16. The average Bonchev–Trinajstić information content (AvgIpc) is 2.71. The van der Waals surface area contributed by atoms with Gasteiger partial charge in [0.25, 0.3) is 5.91 Å². The first-order valence-corrected chi connectivity index (χ1v) is 9.46. The van der Waals surface area contributed by atoms with Crippen LogP contribution in [0.3, 0.4) is 0 Å². The molecule has 2 aromatic rings. The normalized spacial score (nSPS) is 11.5. The van der Waals surface area contributed by atoms with Crippen LogP contribution in [0.2, 0.25) is 0 Å². The van der Waals surface area contributed by atoms with Crippen molar-refractivity contribution in [1.29, 1.82) is 0 Å². The minimum absolute atomic E-state index is 0.0833. The van der Waals surface area contributed by atoms with Crippen LogP contribution >= 0.6 is 0 Å². The number of carbonyl (C=O) groups is 1. The van der Waals surface area contributed by atoms with E-state index in [4.69, 9.17) is 14.2 Å². The van der Waals surface area contributed by atoms with Gasteiger partial charge in [-0.3, -0.25) is 4.79 Å². The predicted octanol–water partition coefficient (Wildman–Crippen LogP) is 4.00. The fourth-order valence-corrected chi connectivity index (χ4v) is 2.68. The van der Waals surface area contributed by atoms with Gasteiger partial charge in [0.05, 0.1) is 13.7 Å². The van der Waals surface area contributed by atoms with Crippen LogP contribution in [0.4, 0.5) is 0 Å². The lowest BCUT2D eigenvalue weighted by atomic mass is 10.1. The van der Waals surface area contributed by atoms with Gasteiger partial charge in [0.15, 0.2) is 6.10 Å². The van der Waals surface area contributed by atoms with Crippen molar-refractivity contribution < 1.29 is 19.0 Å². The quantitative estimate of drug-likeness (QED) is 0.607. The third-order valence-electron chi connectivity index (χ3n) is 4.18. The Labute approximate surface area is 161 Å². The van der Waals surface area contributed by atoms with Gasteiger partial charge in [-0.1, -0.05) is 19.1 Å². The molecule has 0 aliphatic rings. The third-order valence-corrected chi connectivity index (χ3v) is 4.18. The lowest BCUT2D eigenvalue weighted by Gasteiger charge is -2.17. The molecule has 0 bridgehead atoms. The Bertz CT molecular complexity index is 682. The largest absolute Gasteiger partial charge is 0.497 e. The highest BCUT2D eigenvalue weighted by molar-refractivity contribution is 5.81. The molecule has 146 valence electrons. The summed E-state index contributed by atoms with van der Waals surface area (Å²) in [6, 6.07) is 15.3. The summed E-state index contributed by atoms with van der Waals surface area (Å²) >= 11 is 0. The van der Waals surface area contributed by atoms with Crippen molar-refractivity contribution in [3.8, 4) is 17.2 Å². The van der Waals surface area contributed by atoms with Gasteiger partial charge in [-0.2, -0.15) is 0 Å². The molecule has 1 unspecified atom stereocenters. The first kappa shape index (κ1) is 20.6. The fraction of sp³-hybridized carbons (Fsp3) is 0.409. The van der Waals surface area contributed by atoms with Crippen LogP contribution in [0, 0.1) is 0 Å². The van der Waals surface area contributed by atoms with E-state index in [0.717, 1.165) is 24.3 Å². The Hall–Kier alpha value is -2.69. The van der Waals surface area contributed by atoms with Gasteiger partial charge >= 0.3 is 0 Å². The SMILES string of the molecule is CCOc1ccc(CCCNC(=O)C(CC)Oc2ccc(OC)cc2)cc1. The molecule has 0 saturated carbocycles. The summed E-state index contributed by atoms with van der Waals surface area (Å²) in [5.41, 5.74) is 1.23. The minimum Gasteiger partial charge on any atom is -0.497 e. The molecule has 0 aliphatic carbocycles. The molecule has 0 spiro atoms. The maximum Gasteiger partial charge on any atom is 0.261 e. The van der Waals surface area contributed by atoms with Crippen LogP contribution in [0.25, 0.3) is 0 Å². The highest BCUT2D eigenvalue weighted by Crippen LogP contribution is 2.19. The van der Waals surface area contributed by atoms with Crippen molar-refractivity contribution in [2.45, 2.75) is 39.2 Å². The summed E-state index contributed by atoms with van der Waals surface area (Å²) in [6.07, 6.45) is 1.89. The van der Waals surface area contributed by atoms with Crippen LogP contribution in [0.15, 0.2) is 48.5 Å². The molecule has 0 aliphatic heterocycles. The molecule has 5 nitrogen and oxygen atoms in total. The van der Waals surface area contributed by atoms with Gasteiger partial charge in [-0.25, -0.2) is 0 Å². The van der Waals surface area contributed by atoms with Crippen LogP contribution in [-0.4, -0.2) is 32.3 Å². The first-order valence-electron chi connectivity index (χ1n) is 9.46. The van der Waals surface area contributed by atoms with Crippen molar-refractivity contribution in [2.75, 3.05) is 20.3 Å². The van der Waals surface area contributed by atoms with Crippen LogP contribution in [0.1, 0.15) is 32.3 Å². The maximum atomic E-state index is 12.4. The van der Waals surface area contributed by atoms with Gasteiger partial charge in [-0.05, 0) is 68.1 Å². The molecule has 0 heterocycles. The molecule has 0 aromatic heterocycles. The smallest absolute Gasteiger partial charge is 0.261 e. The van der Waals surface area contributed by atoms with E-state index in [9.17, 15) is 4.79 Å². The molecule has 0 saturated heterocycles. The molecule has 1 atom stereocenters. The van der Waals surface area contributed by atoms with E-state index in [1.54, 1.807) is 19.2 Å². The Kier molecular flexibility index (Phi) is 8.49. The summed E-state index contributed by atoms with van der Waals surface area (Å²) < 4.78 is 16.4. The molecule has 1 N–H and O–H groups in total. The topological polar surface area (TPSA) is 56.8 Å². The van der Waals surface area contributed by atoms with E-state index in [1.807, 2.05) is 38.1 Å². The number of hydrogen-bond donors (Lipinski definition) is 1. The molecule has 0 radical (unpaired) electrons. The minimum atomic E-state index is -0.496. The summed E-state index contributed by atoms with van der Waals surface area (Å²) in [4.78, 5) is 12.4. The number of methoxy groups -OCH3 is 1. The number of aryl methyl sites for hydroxylation is 1. The van der Waals surface area contributed by atoms with Crippen LogP contribution in [-0.2, 0) is 11.2 Å².